The van der Waals surface area contributed by atoms with Gasteiger partial charge in [-0.3, -0.25) is 19.6 Å². The normalized spacial score (nSPS) is 13.5. The molecule has 41 heavy (non-hydrogen) atoms. The fourth-order valence-electron chi connectivity index (χ4n) is 4.45. The average Bonchev–Trinajstić information content (AvgIpc) is 3.49. The van der Waals surface area contributed by atoms with Gasteiger partial charge in [-0.05, 0) is 47.4 Å². The quantitative estimate of drug-likeness (QED) is 0.244. The number of carbonyl (C=O) groups excluding carboxylic acids is 2. The van der Waals surface area contributed by atoms with E-state index < -0.39 is 0 Å². The van der Waals surface area contributed by atoms with Crippen LogP contribution < -0.4 is 10.1 Å². The van der Waals surface area contributed by atoms with E-state index in [1.54, 1.807) is 30.3 Å². The number of esters is 1. The largest absolute Gasteiger partial charge is 0.492 e. The van der Waals surface area contributed by atoms with Crippen molar-refractivity contribution < 1.29 is 23.8 Å². The van der Waals surface area contributed by atoms with E-state index in [1.165, 1.54) is 0 Å². The summed E-state index contributed by atoms with van der Waals surface area (Å²) in [5.74, 6) is 0.681. The molecule has 2 N–H and O–H groups in total. The second kappa shape index (κ2) is 14.2. The van der Waals surface area contributed by atoms with E-state index in [2.05, 4.69) is 20.4 Å². The van der Waals surface area contributed by atoms with Gasteiger partial charge in [-0.15, -0.1) is 0 Å². The van der Waals surface area contributed by atoms with Gasteiger partial charge in [0, 0.05) is 37.7 Å². The van der Waals surface area contributed by atoms with Crippen molar-refractivity contribution >= 4 is 17.7 Å². The van der Waals surface area contributed by atoms with Crippen LogP contribution in [0.1, 0.15) is 27.9 Å². The van der Waals surface area contributed by atoms with Crippen LogP contribution in [0.5, 0.6) is 5.75 Å². The van der Waals surface area contributed by atoms with Gasteiger partial charge in [-0.25, -0.2) is 0 Å². The standard InChI is InChI=1S/C32H34N4O5/c37-31(41-23-25-4-2-1-3-5-25)15-8-24-6-9-26(10-7-24)29-22-30(35-34-29)33-32(38)27-11-13-28(14-12-27)40-21-18-36-16-19-39-20-17-36/h1-7,9-14,22H,8,15-21,23H2,(H2,33,34,35,38). The summed E-state index contributed by atoms with van der Waals surface area (Å²) in [6, 6.07) is 26.4. The molecule has 9 nitrogen and oxygen atoms in total. The molecule has 2 heterocycles. The summed E-state index contributed by atoms with van der Waals surface area (Å²) in [7, 11) is 0. The molecule has 1 fully saturated rings. The summed E-state index contributed by atoms with van der Waals surface area (Å²) in [4.78, 5) is 27.1. The molecule has 1 amide bonds. The van der Waals surface area contributed by atoms with Crippen molar-refractivity contribution in [3.8, 4) is 17.0 Å². The van der Waals surface area contributed by atoms with E-state index in [4.69, 9.17) is 14.2 Å². The maximum Gasteiger partial charge on any atom is 0.306 e. The first-order valence-electron chi connectivity index (χ1n) is 13.8. The third-order valence-corrected chi connectivity index (χ3v) is 6.84. The Morgan fingerprint density at radius 3 is 2.44 bits per heavy atom. The second-order valence-corrected chi connectivity index (χ2v) is 9.79. The molecular weight excluding hydrogens is 520 g/mol. The number of aromatic nitrogens is 2. The predicted molar refractivity (Wildman–Crippen MR) is 156 cm³/mol. The first-order valence-corrected chi connectivity index (χ1v) is 13.8. The molecule has 0 spiro atoms. The zero-order valence-electron chi connectivity index (χ0n) is 22.9. The molecule has 0 radical (unpaired) electrons. The van der Waals surface area contributed by atoms with E-state index in [9.17, 15) is 9.59 Å². The smallest absolute Gasteiger partial charge is 0.306 e. The molecule has 3 aromatic carbocycles. The van der Waals surface area contributed by atoms with Crippen molar-refractivity contribution in [3.63, 3.8) is 0 Å². The summed E-state index contributed by atoms with van der Waals surface area (Å²) >= 11 is 0. The van der Waals surface area contributed by atoms with Crippen molar-refractivity contribution in [2.75, 3.05) is 44.8 Å². The van der Waals surface area contributed by atoms with Crippen molar-refractivity contribution in [1.82, 2.24) is 15.1 Å². The van der Waals surface area contributed by atoms with Crippen molar-refractivity contribution in [1.29, 1.82) is 0 Å². The van der Waals surface area contributed by atoms with Gasteiger partial charge < -0.3 is 19.5 Å². The van der Waals surface area contributed by atoms with Gasteiger partial charge in [0.15, 0.2) is 5.82 Å². The Kier molecular flexibility index (Phi) is 9.75. The fraction of sp³-hybridized carbons (Fsp3) is 0.281. The van der Waals surface area contributed by atoms with E-state index in [1.807, 2.05) is 54.6 Å². The maximum absolute atomic E-state index is 12.7. The first-order chi connectivity index (χ1) is 20.1. The second-order valence-electron chi connectivity index (χ2n) is 9.79. The Labute approximate surface area is 239 Å². The fourth-order valence-corrected chi connectivity index (χ4v) is 4.45. The monoisotopic (exact) mass is 554 g/mol. The van der Waals surface area contributed by atoms with Crippen molar-refractivity contribution in [2.45, 2.75) is 19.4 Å². The number of ether oxygens (including phenoxy) is 3. The number of H-pyrrole nitrogens is 1. The highest BCUT2D eigenvalue weighted by molar-refractivity contribution is 6.04. The zero-order chi connectivity index (χ0) is 28.3. The van der Waals surface area contributed by atoms with Crippen LogP contribution in [-0.4, -0.2) is 66.4 Å². The third-order valence-electron chi connectivity index (χ3n) is 6.84. The van der Waals surface area contributed by atoms with Crippen LogP contribution in [0.25, 0.3) is 11.3 Å². The predicted octanol–water partition coefficient (Wildman–Crippen LogP) is 4.72. The van der Waals surface area contributed by atoms with Gasteiger partial charge >= 0.3 is 5.97 Å². The number of nitrogens with zero attached hydrogens (tertiary/aromatic N) is 2. The lowest BCUT2D eigenvalue weighted by Crippen LogP contribution is -2.38. The Morgan fingerprint density at radius 2 is 1.68 bits per heavy atom. The molecule has 212 valence electrons. The van der Waals surface area contributed by atoms with Crippen molar-refractivity contribution in [3.05, 3.63) is 102 Å². The summed E-state index contributed by atoms with van der Waals surface area (Å²) in [5, 5.41) is 10.0. The number of rotatable bonds is 12. The molecule has 0 aliphatic carbocycles. The molecule has 9 heteroatoms. The minimum absolute atomic E-state index is 0.224. The topological polar surface area (TPSA) is 106 Å². The molecule has 0 atom stereocenters. The number of aromatic amines is 1. The van der Waals surface area contributed by atoms with Crippen LogP contribution in [0, 0.1) is 0 Å². The zero-order valence-corrected chi connectivity index (χ0v) is 22.9. The van der Waals surface area contributed by atoms with Crippen LogP contribution in [-0.2, 0) is 27.3 Å². The SMILES string of the molecule is O=C(CCc1ccc(-c2cc(NC(=O)c3ccc(OCCN4CCOCC4)cc3)n[nH]2)cc1)OCc1ccccc1. The first kappa shape index (κ1) is 28.1. The number of aryl methyl sites for hydroxylation is 1. The highest BCUT2D eigenvalue weighted by atomic mass is 16.5. The number of hydrogen-bond acceptors (Lipinski definition) is 7. The minimum Gasteiger partial charge on any atom is -0.492 e. The van der Waals surface area contributed by atoms with Crippen LogP contribution in [0.15, 0.2) is 84.9 Å². The molecular formula is C32H34N4O5. The number of carbonyl (C=O) groups is 2. The average molecular weight is 555 g/mol. The number of anilines is 1. The molecule has 0 bridgehead atoms. The molecule has 0 saturated carbocycles. The molecule has 0 unspecified atom stereocenters. The Morgan fingerprint density at radius 1 is 0.927 bits per heavy atom. The number of benzene rings is 3. The lowest BCUT2D eigenvalue weighted by molar-refractivity contribution is -0.144. The molecule has 1 aromatic heterocycles. The Bertz CT molecular complexity index is 1400. The van der Waals surface area contributed by atoms with E-state index in [0.717, 1.165) is 61.0 Å². The minimum atomic E-state index is -0.252. The van der Waals surface area contributed by atoms with Gasteiger partial charge in [0.25, 0.3) is 5.91 Å². The summed E-state index contributed by atoms with van der Waals surface area (Å²) in [6.07, 6.45) is 0.907. The Balaban J connectivity index is 1.06. The van der Waals surface area contributed by atoms with E-state index >= 15 is 0 Å². The molecule has 1 aliphatic rings. The maximum atomic E-state index is 12.7. The summed E-state index contributed by atoms with van der Waals surface area (Å²) in [5.41, 5.74) is 4.22. The number of morpholine rings is 1. The Hall–Kier alpha value is -4.47. The van der Waals surface area contributed by atoms with Gasteiger partial charge in [-0.1, -0.05) is 54.6 Å². The summed E-state index contributed by atoms with van der Waals surface area (Å²) in [6.45, 7) is 5.11. The third kappa shape index (κ3) is 8.51. The molecule has 4 aromatic rings. The van der Waals surface area contributed by atoms with Crippen LogP contribution in [0.3, 0.4) is 0 Å². The highest BCUT2D eigenvalue weighted by Gasteiger charge is 2.12. The van der Waals surface area contributed by atoms with Crippen molar-refractivity contribution in [2.24, 2.45) is 0 Å². The number of amides is 1. The molecule has 5 rings (SSSR count). The van der Waals surface area contributed by atoms with Crippen LogP contribution >= 0.6 is 0 Å². The van der Waals surface area contributed by atoms with Gasteiger partial charge in [0.2, 0.25) is 0 Å². The molecule has 1 saturated heterocycles. The van der Waals surface area contributed by atoms with E-state index in [0.29, 0.717) is 30.8 Å². The van der Waals surface area contributed by atoms with Gasteiger partial charge in [0.05, 0.1) is 18.9 Å². The van der Waals surface area contributed by atoms with Gasteiger partial charge in [-0.2, -0.15) is 5.10 Å². The van der Waals surface area contributed by atoms with E-state index in [-0.39, 0.29) is 18.5 Å². The highest BCUT2D eigenvalue weighted by Crippen LogP contribution is 2.22. The number of nitrogens with one attached hydrogen (secondary N) is 2. The van der Waals surface area contributed by atoms with Crippen LogP contribution in [0.4, 0.5) is 5.82 Å². The molecule has 1 aliphatic heterocycles. The summed E-state index contributed by atoms with van der Waals surface area (Å²) < 4.78 is 16.5. The number of hydrogen-bond donors (Lipinski definition) is 2. The van der Waals surface area contributed by atoms with Gasteiger partial charge in [0.1, 0.15) is 19.0 Å². The lowest BCUT2D eigenvalue weighted by Gasteiger charge is -2.26. The van der Waals surface area contributed by atoms with Crippen LogP contribution in [0.2, 0.25) is 0 Å². The lowest BCUT2D eigenvalue weighted by atomic mass is 10.1.